The van der Waals surface area contributed by atoms with Crippen molar-refractivity contribution in [3.05, 3.63) is 35.6 Å². The summed E-state index contributed by atoms with van der Waals surface area (Å²) in [5.41, 5.74) is 0.355. The van der Waals surface area contributed by atoms with Gasteiger partial charge in [-0.1, -0.05) is 32.0 Å². The quantitative estimate of drug-likeness (QED) is 0.787. The van der Waals surface area contributed by atoms with Crippen molar-refractivity contribution < 1.29 is 14.2 Å². The minimum atomic E-state index is -0.809. The van der Waals surface area contributed by atoms with E-state index >= 15 is 0 Å². The fraction of sp³-hybridized carbons (Fsp3) is 0.600. The average molecular weight is 269 g/mol. The van der Waals surface area contributed by atoms with Crippen molar-refractivity contribution in [3.63, 3.8) is 0 Å². The van der Waals surface area contributed by atoms with Crippen molar-refractivity contribution in [3.8, 4) is 0 Å². The summed E-state index contributed by atoms with van der Waals surface area (Å²) in [6.07, 6.45) is -0.809. The topological polar surface area (TPSA) is 32.7 Å². The van der Waals surface area contributed by atoms with E-state index in [0.29, 0.717) is 24.6 Å². The van der Waals surface area contributed by atoms with Gasteiger partial charge in [-0.25, -0.2) is 4.39 Å². The van der Waals surface area contributed by atoms with Crippen LogP contribution in [-0.4, -0.2) is 43.4 Å². The van der Waals surface area contributed by atoms with Crippen LogP contribution in [0.1, 0.15) is 25.5 Å². The van der Waals surface area contributed by atoms with Gasteiger partial charge in [0.2, 0.25) is 0 Å². The van der Waals surface area contributed by atoms with E-state index in [1.54, 1.807) is 25.3 Å². The zero-order valence-electron chi connectivity index (χ0n) is 12.0. The predicted molar refractivity (Wildman–Crippen MR) is 74.5 cm³/mol. The highest BCUT2D eigenvalue weighted by molar-refractivity contribution is 5.20. The van der Waals surface area contributed by atoms with Crippen LogP contribution in [0.15, 0.2) is 24.3 Å². The van der Waals surface area contributed by atoms with Crippen molar-refractivity contribution in [2.24, 2.45) is 5.92 Å². The molecule has 0 aliphatic heterocycles. The Balaban J connectivity index is 2.64. The molecule has 0 spiro atoms. The lowest BCUT2D eigenvalue weighted by Crippen LogP contribution is -2.34. The Morgan fingerprint density at radius 3 is 2.53 bits per heavy atom. The molecule has 3 nitrogen and oxygen atoms in total. The Hall–Kier alpha value is -0.970. The largest absolute Gasteiger partial charge is 0.387 e. The molecule has 1 unspecified atom stereocenters. The molecule has 19 heavy (non-hydrogen) atoms. The van der Waals surface area contributed by atoms with E-state index < -0.39 is 6.10 Å². The molecule has 1 aromatic carbocycles. The molecular formula is C15H24FNO2. The summed E-state index contributed by atoms with van der Waals surface area (Å²) >= 11 is 0. The lowest BCUT2D eigenvalue weighted by Gasteiger charge is -2.26. The second kappa shape index (κ2) is 8.25. The Labute approximate surface area is 115 Å². The molecule has 108 valence electrons. The van der Waals surface area contributed by atoms with Crippen LogP contribution < -0.4 is 0 Å². The lowest BCUT2D eigenvalue weighted by molar-refractivity contribution is 0.0807. The van der Waals surface area contributed by atoms with Crippen LogP contribution in [0.25, 0.3) is 0 Å². The van der Waals surface area contributed by atoms with Gasteiger partial charge in [-0.3, -0.25) is 4.90 Å². The number of nitrogens with zero attached hydrogens (tertiary/aromatic N) is 1. The smallest absolute Gasteiger partial charge is 0.129 e. The number of hydrogen-bond acceptors (Lipinski definition) is 3. The highest BCUT2D eigenvalue weighted by Gasteiger charge is 2.17. The summed E-state index contributed by atoms with van der Waals surface area (Å²) in [5, 5.41) is 10.2. The normalized spacial score (nSPS) is 13.2. The zero-order chi connectivity index (χ0) is 14.3. The summed E-state index contributed by atoms with van der Waals surface area (Å²) in [5.74, 6) is 0.135. The second-order valence-corrected chi connectivity index (χ2v) is 5.18. The SMILES string of the molecule is COCCN(CC(C)C)CC(O)c1ccccc1F. The zero-order valence-corrected chi connectivity index (χ0v) is 12.0. The van der Waals surface area contributed by atoms with E-state index in [1.807, 2.05) is 0 Å². The number of methoxy groups -OCH3 is 1. The van der Waals surface area contributed by atoms with E-state index in [0.717, 1.165) is 13.1 Å². The molecule has 1 N–H and O–H groups in total. The van der Waals surface area contributed by atoms with Crippen LogP contribution in [0.2, 0.25) is 0 Å². The molecule has 0 heterocycles. The average Bonchev–Trinajstić information content (AvgIpc) is 2.35. The molecule has 1 aromatic rings. The minimum absolute atomic E-state index is 0.355. The molecule has 0 aromatic heterocycles. The summed E-state index contributed by atoms with van der Waals surface area (Å²) in [4.78, 5) is 2.10. The van der Waals surface area contributed by atoms with Gasteiger partial charge in [0.05, 0.1) is 12.7 Å². The molecule has 0 bridgehead atoms. The first-order chi connectivity index (χ1) is 9.04. The maximum Gasteiger partial charge on any atom is 0.129 e. The van der Waals surface area contributed by atoms with Gasteiger partial charge in [-0.05, 0) is 12.0 Å². The van der Waals surface area contributed by atoms with E-state index in [9.17, 15) is 9.50 Å². The van der Waals surface area contributed by atoms with E-state index in [4.69, 9.17) is 4.74 Å². The van der Waals surface area contributed by atoms with Gasteiger partial charge in [0, 0.05) is 32.3 Å². The molecule has 0 aliphatic rings. The van der Waals surface area contributed by atoms with Gasteiger partial charge >= 0.3 is 0 Å². The summed E-state index contributed by atoms with van der Waals surface area (Å²) in [7, 11) is 1.65. The van der Waals surface area contributed by atoms with Crippen LogP contribution in [0.3, 0.4) is 0 Å². The second-order valence-electron chi connectivity index (χ2n) is 5.18. The number of rotatable bonds is 8. The molecule has 0 aliphatic carbocycles. The first-order valence-electron chi connectivity index (χ1n) is 6.68. The van der Waals surface area contributed by atoms with Crippen LogP contribution in [0.5, 0.6) is 0 Å². The van der Waals surface area contributed by atoms with Crippen molar-refractivity contribution in [1.82, 2.24) is 4.90 Å². The summed E-state index contributed by atoms with van der Waals surface area (Å²) in [6.45, 7) is 6.86. The molecular weight excluding hydrogens is 245 g/mol. The number of benzene rings is 1. The Morgan fingerprint density at radius 2 is 1.95 bits per heavy atom. The summed E-state index contributed by atoms with van der Waals surface area (Å²) < 4.78 is 18.7. The van der Waals surface area contributed by atoms with Crippen molar-refractivity contribution in [2.75, 3.05) is 33.4 Å². The fourth-order valence-electron chi connectivity index (χ4n) is 2.08. The number of halogens is 1. The number of aliphatic hydroxyl groups is 1. The molecule has 1 atom stereocenters. The number of ether oxygens (including phenoxy) is 1. The molecule has 4 heteroatoms. The standard InChI is InChI=1S/C15H24FNO2/c1-12(2)10-17(8-9-19-3)11-15(18)13-6-4-5-7-14(13)16/h4-7,12,15,18H,8-11H2,1-3H3. The van der Waals surface area contributed by atoms with E-state index in [1.165, 1.54) is 6.07 Å². The van der Waals surface area contributed by atoms with Crippen LogP contribution in [-0.2, 0) is 4.74 Å². The highest BCUT2D eigenvalue weighted by atomic mass is 19.1. The monoisotopic (exact) mass is 269 g/mol. The minimum Gasteiger partial charge on any atom is -0.387 e. The van der Waals surface area contributed by atoms with Gasteiger partial charge in [0.15, 0.2) is 0 Å². The van der Waals surface area contributed by atoms with Crippen LogP contribution in [0.4, 0.5) is 4.39 Å². The van der Waals surface area contributed by atoms with Gasteiger partial charge in [0.25, 0.3) is 0 Å². The highest BCUT2D eigenvalue weighted by Crippen LogP contribution is 2.18. The van der Waals surface area contributed by atoms with E-state index in [2.05, 4.69) is 18.7 Å². The molecule has 0 saturated carbocycles. The van der Waals surface area contributed by atoms with Crippen molar-refractivity contribution in [2.45, 2.75) is 20.0 Å². The molecule has 0 radical (unpaired) electrons. The Kier molecular flexibility index (Phi) is 6.99. The third-order valence-corrected chi connectivity index (χ3v) is 2.93. The Bertz CT molecular complexity index is 371. The number of aliphatic hydroxyl groups excluding tert-OH is 1. The maximum atomic E-state index is 13.6. The molecule has 0 amide bonds. The van der Waals surface area contributed by atoms with Crippen LogP contribution in [0, 0.1) is 11.7 Å². The van der Waals surface area contributed by atoms with Gasteiger partial charge in [-0.2, -0.15) is 0 Å². The lowest BCUT2D eigenvalue weighted by atomic mass is 10.1. The van der Waals surface area contributed by atoms with Gasteiger partial charge in [-0.15, -0.1) is 0 Å². The predicted octanol–water partition coefficient (Wildman–Crippen LogP) is 2.46. The molecule has 0 fully saturated rings. The van der Waals surface area contributed by atoms with Gasteiger partial charge in [0.1, 0.15) is 5.82 Å². The number of hydrogen-bond donors (Lipinski definition) is 1. The third kappa shape index (κ3) is 5.68. The van der Waals surface area contributed by atoms with Crippen LogP contribution >= 0.6 is 0 Å². The summed E-state index contributed by atoms with van der Waals surface area (Å²) in [6, 6.07) is 6.37. The van der Waals surface area contributed by atoms with Gasteiger partial charge < -0.3 is 9.84 Å². The third-order valence-electron chi connectivity index (χ3n) is 2.93. The van der Waals surface area contributed by atoms with Crippen molar-refractivity contribution >= 4 is 0 Å². The fourth-order valence-corrected chi connectivity index (χ4v) is 2.08. The Morgan fingerprint density at radius 1 is 1.26 bits per heavy atom. The first-order valence-corrected chi connectivity index (χ1v) is 6.68. The molecule has 1 rings (SSSR count). The van der Waals surface area contributed by atoms with E-state index in [-0.39, 0.29) is 5.82 Å². The van der Waals surface area contributed by atoms with Crippen molar-refractivity contribution in [1.29, 1.82) is 0 Å². The molecule has 0 saturated heterocycles. The maximum absolute atomic E-state index is 13.6. The first kappa shape index (κ1) is 16.1.